The molecule has 0 fully saturated rings. The van der Waals surface area contributed by atoms with Crippen LogP contribution in [-0.2, 0) is 20.7 Å². The third kappa shape index (κ3) is 5.96. The zero-order chi connectivity index (χ0) is 14.1. The van der Waals surface area contributed by atoms with E-state index in [4.69, 9.17) is 10.5 Å². The summed E-state index contributed by atoms with van der Waals surface area (Å²) in [6.07, 6.45) is 4.11. The Bertz CT molecular complexity index is 408. The van der Waals surface area contributed by atoms with Gasteiger partial charge in [-0.2, -0.15) is 0 Å². The Hall–Kier alpha value is -1.95. The molecule has 6 heteroatoms. The fourth-order valence-corrected chi connectivity index (χ4v) is 1.34. The molecule has 0 bridgehead atoms. The standard InChI is InChI=1S/C13H18N2O4/c1-2-3-8-18-13(17)19-12(16)11(14)9-10-4-6-15-7-5-10/h4-7,11H,2-3,8-9,14H2,1H3/t11-/m1/s1. The number of rotatable bonds is 6. The second-order valence-corrected chi connectivity index (χ2v) is 4.04. The summed E-state index contributed by atoms with van der Waals surface area (Å²) in [5, 5.41) is 0. The van der Waals surface area contributed by atoms with Crippen molar-refractivity contribution in [3.63, 3.8) is 0 Å². The Balaban J connectivity index is 2.34. The average molecular weight is 266 g/mol. The van der Waals surface area contributed by atoms with E-state index >= 15 is 0 Å². The lowest BCUT2D eigenvalue weighted by Crippen LogP contribution is -2.35. The van der Waals surface area contributed by atoms with Gasteiger partial charge in [0.2, 0.25) is 0 Å². The molecule has 6 nitrogen and oxygen atoms in total. The predicted octanol–water partition coefficient (Wildman–Crippen LogP) is 1.43. The maximum atomic E-state index is 11.5. The van der Waals surface area contributed by atoms with Gasteiger partial charge in [0.1, 0.15) is 6.04 Å². The number of esters is 1. The summed E-state index contributed by atoms with van der Waals surface area (Å²) in [6.45, 7) is 2.20. The van der Waals surface area contributed by atoms with Crippen LogP contribution in [0.1, 0.15) is 25.3 Å². The van der Waals surface area contributed by atoms with Gasteiger partial charge < -0.3 is 15.2 Å². The van der Waals surface area contributed by atoms with Crippen molar-refractivity contribution < 1.29 is 19.1 Å². The van der Waals surface area contributed by atoms with E-state index in [-0.39, 0.29) is 13.0 Å². The van der Waals surface area contributed by atoms with Gasteiger partial charge in [0, 0.05) is 12.4 Å². The van der Waals surface area contributed by atoms with Crippen LogP contribution in [-0.4, -0.2) is 29.8 Å². The third-order valence-corrected chi connectivity index (χ3v) is 2.41. The molecule has 0 aromatic carbocycles. The fourth-order valence-electron chi connectivity index (χ4n) is 1.34. The smallest absolute Gasteiger partial charge is 0.434 e. The van der Waals surface area contributed by atoms with Crippen LogP contribution in [0.2, 0.25) is 0 Å². The first-order chi connectivity index (χ1) is 9.13. The summed E-state index contributed by atoms with van der Waals surface area (Å²) in [7, 11) is 0. The van der Waals surface area contributed by atoms with Gasteiger partial charge >= 0.3 is 12.1 Å². The minimum atomic E-state index is -0.997. The molecule has 2 N–H and O–H groups in total. The van der Waals surface area contributed by atoms with Gasteiger partial charge in [0.05, 0.1) is 6.61 Å². The van der Waals surface area contributed by atoms with E-state index in [2.05, 4.69) is 9.72 Å². The molecule has 104 valence electrons. The quantitative estimate of drug-likeness (QED) is 0.476. The SMILES string of the molecule is CCCCOC(=O)OC(=O)[C@H](N)Cc1ccncc1. The minimum Gasteiger partial charge on any atom is -0.434 e. The molecule has 19 heavy (non-hydrogen) atoms. The number of carbonyl (C=O) groups excluding carboxylic acids is 2. The van der Waals surface area contributed by atoms with Crippen molar-refractivity contribution >= 4 is 12.1 Å². The molecule has 0 radical (unpaired) electrons. The lowest BCUT2D eigenvalue weighted by molar-refractivity contribution is -0.141. The largest absolute Gasteiger partial charge is 0.516 e. The van der Waals surface area contributed by atoms with Crippen LogP contribution < -0.4 is 5.73 Å². The van der Waals surface area contributed by atoms with E-state index in [1.165, 1.54) is 0 Å². The van der Waals surface area contributed by atoms with Gasteiger partial charge in [-0.05, 0) is 30.5 Å². The first kappa shape index (κ1) is 15.1. The van der Waals surface area contributed by atoms with Crippen molar-refractivity contribution in [2.24, 2.45) is 5.73 Å². The highest BCUT2D eigenvalue weighted by atomic mass is 16.7. The van der Waals surface area contributed by atoms with E-state index in [1.54, 1.807) is 24.5 Å². The average Bonchev–Trinajstić information content (AvgIpc) is 2.40. The van der Waals surface area contributed by atoms with Crippen molar-refractivity contribution in [3.8, 4) is 0 Å². The summed E-state index contributed by atoms with van der Waals surface area (Å²) >= 11 is 0. The zero-order valence-electron chi connectivity index (χ0n) is 10.9. The molecule has 0 aliphatic rings. The second-order valence-electron chi connectivity index (χ2n) is 4.04. The van der Waals surface area contributed by atoms with E-state index in [1.807, 2.05) is 6.92 Å². The maximum absolute atomic E-state index is 11.5. The Morgan fingerprint density at radius 2 is 2.05 bits per heavy atom. The molecule has 1 heterocycles. The zero-order valence-corrected chi connectivity index (χ0v) is 10.9. The Kier molecular flexibility index (Phi) is 6.52. The molecule has 0 saturated carbocycles. The number of unbranched alkanes of at least 4 members (excludes halogenated alkanes) is 1. The Labute approximate surface area is 111 Å². The van der Waals surface area contributed by atoms with Crippen molar-refractivity contribution in [3.05, 3.63) is 30.1 Å². The summed E-state index contributed by atoms with van der Waals surface area (Å²) in [6, 6.07) is 2.58. The molecule has 0 aliphatic carbocycles. The van der Waals surface area contributed by atoms with Gasteiger partial charge in [-0.15, -0.1) is 0 Å². The van der Waals surface area contributed by atoms with Crippen LogP contribution >= 0.6 is 0 Å². The number of hydrogen-bond acceptors (Lipinski definition) is 6. The van der Waals surface area contributed by atoms with Crippen molar-refractivity contribution in [2.75, 3.05) is 6.61 Å². The van der Waals surface area contributed by atoms with Gasteiger partial charge in [-0.25, -0.2) is 9.59 Å². The monoisotopic (exact) mass is 266 g/mol. The number of nitrogens with zero attached hydrogens (tertiary/aromatic N) is 1. The van der Waals surface area contributed by atoms with Gasteiger partial charge in [-0.1, -0.05) is 13.3 Å². The van der Waals surface area contributed by atoms with E-state index in [0.717, 1.165) is 18.4 Å². The number of carbonyl (C=O) groups is 2. The molecule has 1 aromatic rings. The first-order valence-electron chi connectivity index (χ1n) is 6.16. The first-order valence-corrected chi connectivity index (χ1v) is 6.16. The number of ether oxygens (including phenoxy) is 2. The Morgan fingerprint density at radius 3 is 2.68 bits per heavy atom. The number of aromatic nitrogens is 1. The summed E-state index contributed by atoms with van der Waals surface area (Å²) in [4.78, 5) is 26.5. The molecule has 1 aromatic heterocycles. The van der Waals surface area contributed by atoms with Crippen molar-refractivity contribution in [2.45, 2.75) is 32.2 Å². The van der Waals surface area contributed by atoms with Gasteiger partial charge in [-0.3, -0.25) is 4.98 Å². The minimum absolute atomic E-state index is 0.238. The van der Waals surface area contributed by atoms with Crippen LogP contribution in [0.3, 0.4) is 0 Å². The highest BCUT2D eigenvalue weighted by Crippen LogP contribution is 2.02. The van der Waals surface area contributed by atoms with E-state index < -0.39 is 18.2 Å². The molecule has 0 amide bonds. The molecule has 1 rings (SSSR count). The summed E-state index contributed by atoms with van der Waals surface area (Å²) in [5.74, 6) is -0.793. The van der Waals surface area contributed by atoms with Crippen LogP contribution in [0, 0.1) is 0 Å². The highest BCUT2D eigenvalue weighted by Gasteiger charge is 2.20. The molecule has 0 unspecified atom stereocenters. The second kappa shape index (κ2) is 8.20. The molecule has 0 saturated heterocycles. The molecular weight excluding hydrogens is 248 g/mol. The maximum Gasteiger partial charge on any atom is 0.516 e. The number of hydrogen-bond donors (Lipinski definition) is 1. The topological polar surface area (TPSA) is 91.5 Å². The van der Waals surface area contributed by atoms with E-state index in [0.29, 0.717) is 0 Å². The lowest BCUT2D eigenvalue weighted by atomic mass is 10.1. The molecular formula is C13H18N2O4. The normalized spacial score (nSPS) is 11.7. The highest BCUT2D eigenvalue weighted by molar-refractivity contribution is 5.85. The van der Waals surface area contributed by atoms with Crippen molar-refractivity contribution in [1.29, 1.82) is 0 Å². The molecule has 1 atom stereocenters. The van der Waals surface area contributed by atoms with Gasteiger partial charge in [0.25, 0.3) is 0 Å². The van der Waals surface area contributed by atoms with Crippen LogP contribution in [0.4, 0.5) is 4.79 Å². The predicted molar refractivity (Wildman–Crippen MR) is 68.3 cm³/mol. The lowest BCUT2D eigenvalue weighted by Gasteiger charge is -2.10. The Morgan fingerprint density at radius 1 is 1.37 bits per heavy atom. The number of nitrogens with two attached hydrogens (primary N) is 1. The number of pyridine rings is 1. The summed E-state index contributed by atoms with van der Waals surface area (Å²) < 4.78 is 9.20. The van der Waals surface area contributed by atoms with Crippen molar-refractivity contribution in [1.82, 2.24) is 4.98 Å². The summed E-state index contributed by atoms with van der Waals surface area (Å²) in [5.41, 5.74) is 6.50. The molecule has 0 aliphatic heterocycles. The van der Waals surface area contributed by atoms with E-state index in [9.17, 15) is 9.59 Å². The van der Waals surface area contributed by atoms with Crippen LogP contribution in [0.5, 0.6) is 0 Å². The van der Waals surface area contributed by atoms with Gasteiger partial charge in [0.15, 0.2) is 0 Å². The molecule has 0 spiro atoms. The van der Waals surface area contributed by atoms with Crippen LogP contribution in [0.25, 0.3) is 0 Å². The third-order valence-electron chi connectivity index (χ3n) is 2.41. The fraction of sp³-hybridized carbons (Fsp3) is 0.462. The van der Waals surface area contributed by atoms with Crippen LogP contribution in [0.15, 0.2) is 24.5 Å².